The molecule has 3 aliphatic rings. The lowest BCUT2D eigenvalue weighted by atomic mass is 9.84. The average Bonchev–Trinajstić information content (AvgIpc) is 3.36. The summed E-state index contributed by atoms with van der Waals surface area (Å²) in [5.74, 6) is 3.03. The van der Waals surface area contributed by atoms with Crippen molar-refractivity contribution in [2.75, 3.05) is 30.7 Å². The summed E-state index contributed by atoms with van der Waals surface area (Å²) < 4.78 is 2.12. The Hall–Kier alpha value is -3.45. The second-order valence-electron chi connectivity index (χ2n) is 10.9. The minimum atomic E-state index is -0.177. The number of carbonyl (C=O) groups is 1. The molecule has 7 heteroatoms. The number of anilines is 2. The molecule has 2 unspecified atom stereocenters. The van der Waals surface area contributed by atoms with E-state index in [1.807, 2.05) is 31.3 Å². The lowest BCUT2D eigenvalue weighted by Gasteiger charge is -2.28. The van der Waals surface area contributed by atoms with Gasteiger partial charge in [-0.2, -0.15) is 0 Å². The zero-order valence-corrected chi connectivity index (χ0v) is 21.1. The molecule has 3 atom stereocenters. The molecule has 7 nitrogen and oxygen atoms in total. The third-order valence-corrected chi connectivity index (χ3v) is 8.21. The molecule has 0 spiro atoms. The Bertz CT molecular complexity index is 1380. The lowest BCUT2D eigenvalue weighted by molar-refractivity contribution is -0.112. The van der Waals surface area contributed by atoms with Crippen molar-refractivity contribution in [3.05, 3.63) is 54.4 Å². The molecule has 0 bridgehead atoms. The smallest absolute Gasteiger partial charge is 0.250 e. The van der Waals surface area contributed by atoms with Crippen molar-refractivity contribution in [1.82, 2.24) is 19.4 Å². The molecule has 2 aromatic heterocycles. The van der Waals surface area contributed by atoms with Crippen LogP contribution in [0, 0.1) is 17.8 Å². The van der Waals surface area contributed by atoms with Crippen LogP contribution in [0.3, 0.4) is 0 Å². The first-order chi connectivity index (χ1) is 17.4. The Morgan fingerprint density at radius 2 is 1.94 bits per heavy atom. The van der Waals surface area contributed by atoms with Crippen LogP contribution in [0.1, 0.15) is 38.2 Å². The fourth-order valence-corrected chi connectivity index (χ4v) is 6.17. The molecule has 2 aliphatic carbocycles. The predicted molar refractivity (Wildman–Crippen MR) is 145 cm³/mol. The van der Waals surface area contributed by atoms with E-state index in [0.29, 0.717) is 11.4 Å². The zero-order chi connectivity index (χ0) is 25.0. The van der Waals surface area contributed by atoms with Gasteiger partial charge < -0.3 is 20.5 Å². The first-order valence-corrected chi connectivity index (χ1v) is 13.0. The Balaban J connectivity index is 1.33. The van der Waals surface area contributed by atoms with Gasteiger partial charge in [-0.1, -0.05) is 24.8 Å². The van der Waals surface area contributed by atoms with Crippen LogP contribution in [-0.2, 0) is 11.8 Å². The molecule has 1 saturated carbocycles. The maximum Gasteiger partial charge on any atom is 0.250 e. The SMILES string of the molecule is C=C(C)C(=O)Nc1ccc(-c2c(C3=CC[C@@H](CN4CC5CC5C4)CC3)c3c(N)ncnc3n2C)cc1. The van der Waals surface area contributed by atoms with E-state index in [9.17, 15) is 4.79 Å². The van der Waals surface area contributed by atoms with Gasteiger partial charge in [0.25, 0.3) is 5.91 Å². The van der Waals surface area contributed by atoms with Crippen molar-refractivity contribution < 1.29 is 4.79 Å². The van der Waals surface area contributed by atoms with E-state index < -0.39 is 0 Å². The highest BCUT2D eigenvalue weighted by Crippen LogP contribution is 2.46. The molecule has 3 heterocycles. The molecule has 1 amide bonds. The predicted octanol–water partition coefficient (Wildman–Crippen LogP) is 4.87. The summed E-state index contributed by atoms with van der Waals surface area (Å²) in [6.45, 7) is 9.25. The fraction of sp³-hybridized carbons (Fsp3) is 0.414. The Morgan fingerprint density at radius 1 is 1.19 bits per heavy atom. The van der Waals surface area contributed by atoms with Gasteiger partial charge in [-0.15, -0.1) is 0 Å². The molecule has 3 aromatic rings. The molecule has 0 radical (unpaired) electrons. The van der Waals surface area contributed by atoms with Gasteiger partial charge in [-0.3, -0.25) is 4.79 Å². The number of aryl methyl sites for hydroxylation is 1. The number of benzene rings is 1. The van der Waals surface area contributed by atoms with Crippen molar-refractivity contribution in [3.8, 4) is 11.3 Å². The van der Waals surface area contributed by atoms with E-state index in [4.69, 9.17) is 5.73 Å². The first-order valence-electron chi connectivity index (χ1n) is 13.0. The van der Waals surface area contributed by atoms with Gasteiger partial charge in [-0.05, 0) is 73.6 Å². The molecule has 186 valence electrons. The Morgan fingerprint density at radius 3 is 2.61 bits per heavy atom. The van der Waals surface area contributed by atoms with Crippen LogP contribution in [0.5, 0.6) is 0 Å². The number of allylic oxidation sites excluding steroid dienone is 2. The third kappa shape index (κ3) is 4.11. The van der Waals surface area contributed by atoms with E-state index in [1.54, 1.807) is 6.92 Å². The van der Waals surface area contributed by atoms with Crippen LogP contribution in [-0.4, -0.2) is 45.0 Å². The summed E-state index contributed by atoms with van der Waals surface area (Å²) in [6, 6.07) is 7.94. The number of aromatic nitrogens is 3. The van der Waals surface area contributed by atoms with E-state index in [2.05, 4.69) is 37.4 Å². The minimum absolute atomic E-state index is 0.177. The van der Waals surface area contributed by atoms with Crippen LogP contribution in [0.25, 0.3) is 27.9 Å². The molecular weight excluding hydrogens is 448 g/mol. The number of nitrogen functional groups attached to an aromatic ring is 1. The summed E-state index contributed by atoms with van der Waals surface area (Å²) in [4.78, 5) is 23.6. The van der Waals surface area contributed by atoms with Crippen molar-refractivity contribution in [3.63, 3.8) is 0 Å². The monoisotopic (exact) mass is 482 g/mol. The standard InChI is InChI=1S/C29H34N6O/c1-17(2)29(36)33-23-10-8-20(9-11-23)26-24(25-27(30)31-16-32-28(25)34(26)3)19-6-4-18(5-7-19)13-35-14-21-12-22(21)15-35/h6,8-11,16,18,21-22H,1,4-5,7,12-15H2,2-3H3,(H,33,36)(H2,30,31,32)/t18-,21?,22?/m1/s1. The summed E-state index contributed by atoms with van der Waals surface area (Å²) in [7, 11) is 2.04. The molecule has 1 aromatic carbocycles. The third-order valence-electron chi connectivity index (χ3n) is 8.21. The van der Waals surface area contributed by atoms with Gasteiger partial charge in [0, 0.05) is 43.5 Å². The van der Waals surface area contributed by atoms with Gasteiger partial charge in [0.05, 0.1) is 11.1 Å². The number of hydrogen-bond donors (Lipinski definition) is 2. The normalized spacial score (nSPS) is 23.4. The van der Waals surface area contributed by atoms with E-state index in [0.717, 1.165) is 64.1 Å². The fourth-order valence-electron chi connectivity index (χ4n) is 6.17. The largest absolute Gasteiger partial charge is 0.383 e. The summed E-state index contributed by atoms with van der Waals surface area (Å²) in [5, 5.41) is 3.81. The molecule has 2 fully saturated rings. The minimum Gasteiger partial charge on any atom is -0.383 e. The second-order valence-corrected chi connectivity index (χ2v) is 10.9. The second kappa shape index (κ2) is 8.89. The summed E-state index contributed by atoms with van der Waals surface area (Å²) in [5.41, 5.74) is 13.1. The van der Waals surface area contributed by atoms with Crippen LogP contribution >= 0.6 is 0 Å². The van der Waals surface area contributed by atoms with E-state index in [-0.39, 0.29) is 5.91 Å². The number of nitrogens with two attached hydrogens (primary N) is 1. The van der Waals surface area contributed by atoms with Crippen molar-refractivity contribution >= 4 is 34.0 Å². The van der Waals surface area contributed by atoms with Crippen molar-refractivity contribution in [2.24, 2.45) is 24.8 Å². The summed E-state index contributed by atoms with van der Waals surface area (Å²) in [6.07, 6.45) is 8.73. The van der Waals surface area contributed by atoms with Crippen LogP contribution in [0.15, 0.2) is 48.8 Å². The molecule has 6 rings (SSSR count). The topological polar surface area (TPSA) is 89.1 Å². The maximum absolute atomic E-state index is 12.0. The van der Waals surface area contributed by atoms with Crippen LogP contribution in [0.2, 0.25) is 0 Å². The number of fused-ring (bicyclic) bond motifs is 2. The van der Waals surface area contributed by atoms with Crippen molar-refractivity contribution in [2.45, 2.75) is 32.6 Å². The van der Waals surface area contributed by atoms with Crippen LogP contribution < -0.4 is 11.1 Å². The van der Waals surface area contributed by atoms with Gasteiger partial charge >= 0.3 is 0 Å². The molecule has 3 N–H and O–H groups in total. The maximum atomic E-state index is 12.0. The number of carbonyl (C=O) groups excluding carboxylic acids is 1. The highest BCUT2D eigenvalue weighted by atomic mass is 16.1. The Kier molecular flexibility index (Phi) is 5.67. The number of amides is 1. The number of rotatable bonds is 6. The van der Waals surface area contributed by atoms with E-state index in [1.165, 1.54) is 44.4 Å². The number of piperidine rings is 1. The number of nitrogens with zero attached hydrogens (tertiary/aromatic N) is 4. The first kappa shape index (κ1) is 23.0. The van der Waals surface area contributed by atoms with Gasteiger partial charge in [0.2, 0.25) is 0 Å². The Labute approximate surface area is 212 Å². The summed E-state index contributed by atoms with van der Waals surface area (Å²) >= 11 is 0. The highest BCUT2D eigenvalue weighted by Gasteiger charge is 2.45. The number of hydrogen-bond acceptors (Lipinski definition) is 5. The number of likely N-dealkylation sites (tertiary alicyclic amines) is 1. The van der Waals surface area contributed by atoms with Crippen molar-refractivity contribution in [1.29, 1.82) is 0 Å². The average molecular weight is 483 g/mol. The highest BCUT2D eigenvalue weighted by molar-refractivity contribution is 6.05. The lowest BCUT2D eigenvalue weighted by Crippen LogP contribution is -2.29. The molecule has 1 aliphatic heterocycles. The zero-order valence-electron chi connectivity index (χ0n) is 21.1. The quantitative estimate of drug-likeness (QED) is 0.490. The van der Waals surface area contributed by atoms with Gasteiger partial charge in [-0.25, -0.2) is 9.97 Å². The molecule has 1 saturated heterocycles. The van der Waals surface area contributed by atoms with Gasteiger partial charge in [0.1, 0.15) is 17.8 Å². The number of nitrogens with one attached hydrogen (secondary N) is 1. The van der Waals surface area contributed by atoms with Gasteiger partial charge in [0.15, 0.2) is 0 Å². The molecular formula is C29H34N6O. The van der Waals surface area contributed by atoms with E-state index >= 15 is 0 Å². The molecule has 36 heavy (non-hydrogen) atoms. The van der Waals surface area contributed by atoms with Crippen LogP contribution in [0.4, 0.5) is 11.5 Å².